The van der Waals surface area contributed by atoms with Crippen LogP contribution in [0.25, 0.3) is 0 Å². The van der Waals surface area contributed by atoms with Gasteiger partial charge in [-0.2, -0.15) is 0 Å². The fraction of sp³-hybridized carbons (Fsp3) is 0.692. The summed E-state index contributed by atoms with van der Waals surface area (Å²) in [5.74, 6) is -0.767. The average molecular weight is 297 g/mol. The summed E-state index contributed by atoms with van der Waals surface area (Å²) in [5.41, 5.74) is -0.602. The third-order valence-corrected chi connectivity index (χ3v) is 4.98. The van der Waals surface area contributed by atoms with Crippen molar-refractivity contribution in [2.75, 3.05) is 0 Å². The molecular formula is C13H19N3O3S. The van der Waals surface area contributed by atoms with Crippen molar-refractivity contribution in [2.45, 2.75) is 51.5 Å². The Balaban J connectivity index is 2.13. The van der Waals surface area contributed by atoms with Crippen molar-refractivity contribution in [1.82, 2.24) is 14.9 Å². The molecule has 0 bridgehead atoms. The molecule has 0 aromatic carbocycles. The Hall–Kier alpha value is -1.50. The van der Waals surface area contributed by atoms with E-state index >= 15 is 0 Å². The number of nitrogens with zero attached hydrogens (tertiary/aromatic N) is 2. The highest BCUT2D eigenvalue weighted by atomic mass is 32.1. The van der Waals surface area contributed by atoms with Gasteiger partial charge >= 0.3 is 5.97 Å². The van der Waals surface area contributed by atoms with E-state index in [-0.39, 0.29) is 5.91 Å². The second-order valence-electron chi connectivity index (χ2n) is 5.38. The Kier molecular flexibility index (Phi) is 4.37. The van der Waals surface area contributed by atoms with E-state index in [1.165, 1.54) is 0 Å². The summed E-state index contributed by atoms with van der Waals surface area (Å²) in [6, 6.07) is 0. The molecule has 1 heterocycles. The Labute approximate surface area is 121 Å². The van der Waals surface area contributed by atoms with Crippen molar-refractivity contribution >= 4 is 23.4 Å². The van der Waals surface area contributed by atoms with Gasteiger partial charge < -0.3 is 10.4 Å². The molecule has 0 aliphatic heterocycles. The first-order chi connectivity index (χ1) is 9.48. The highest BCUT2D eigenvalue weighted by Gasteiger charge is 2.43. The highest BCUT2D eigenvalue weighted by Crippen LogP contribution is 2.34. The molecule has 2 rings (SSSR count). The van der Waals surface area contributed by atoms with Gasteiger partial charge in [-0.15, -0.1) is 5.10 Å². The minimum absolute atomic E-state index is 0.380. The molecule has 1 fully saturated rings. The second kappa shape index (κ2) is 5.87. The predicted molar refractivity (Wildman–Crippen MR) is 74.7 cm³/mol. The number of rotatable bonds is 4. The molecule has 0 saturated heterocycles. The number of amides is 1. The Morgan fingerprint density at radius 1 is 1.45 bits per heavy atom. The largest absolute Gasteiger partial charge is 0.480 e. The zero-order valence-corrected chi connectivity index (χ0v) is 12.5. The number of carboxylic acid groups (broad SMARTS) is 1. The van der Waals surface area contributed by atoms with Crippen molar-refractivity contribution in [1.29, 1.82) is 0 Å². The van der Waals surface area contributed by atoms with E-state index in [2.05, 4.69) is 21.8 Å². The Bertz CT molecular complexity index is 507. The summed E-state index contributed by atoms with van der Waals surface area (Å²) in [4.78, 5) is 24.2. The van der Waals surface area contributed by atoms with Crippen LogP contribution in [0.3, 0.4) is 0 Å². The van der Waals surface area contributed by atoms with Gasteiger partial charge in [-0.05, 0) is 50.1 Å². The quantitative estimate of drug-likeness (QED) is 0.886. The fourth-order valence-corrected chi connectivity index (χ4v) is 3.24. The topological polar surface area (TPSA) is 92.2 Å². The van der Waals surface area contributed by atoms with Crippen molar-refractivity contribution in [3.05, 3.63) is 10.6 Å². The van der Waals surface area contributed by atoms with Gasteiger partial charge in [0, 0.05) is 0 Å². The molecule has 1 saturated carbocycles. The molecule has 1 aromatic heterocycles. The first-order valence-corrected chi connectivity index (χ1v) is 7.60. The van der Waals surface area contributed by atoms with Gasteiger partial charge in [0.05, 0.1) is 5.69 Å². The van der Waals surface area contributed by atoms with Crippen molar-refractivity contribution in [3.63, 3.8) is 0 Å². The number of hydrogen-bond donors (Lipinski definition) is 2. The van der Waals surface area contributed by atoms with Gasteiger partial charge in [0.25, 0.3) is 5.91 Å². The van der Waals surface area contributed by atoms with E-state index in [0.717, 1.165) is 30.8 Å². The molecular weight excluding hydrogens is 278 g/mol. The maximum absolute atomic E-state index is 12.2. The van der Waals surface area contributed by atoms with E-state index in [1.54, 1.807) is 6.92 Å². The molecule has 6 nitrogen and oxygen atoms in total. The minimum atomic E-state index is -1.14. The molecule has 0 spiro atoms. The lowest BCUT2D eigenvalue weighted by Crippen LogP contribution is -2.56. The zero-order valence-electron chi connectivity index (χ0n) is 11.7. The van der Waals surface area contributed by atoms with Crippen molar-refractivity contribution in [3.8, 4) is 0 Å². The van der Waals surface area contributed by atoms with Crippen LogP contribution in [-0.2, 0) is 4.79 Å². The van der Waals surface area contributed by atoms with Crippen molar-refractivity contribution in [2.24, 2.45) is 5.92 Å². The van der Waals surface area contributed by atoms with Crippen LogP contribution in [0.1, 0.15) is 54.4 Å². The lowest BCUT2D eigenvalue weighted by molar-refractivity contribution is -0.146. The van der Waals surface area contributed by atoms with Crippen LogP contribution in [0.4, 0.5) is 0 Å². The number of hydrogen-bond acceptors (Lipinski definition) is 5. The summed E-state index contributed by atoms with van der Waals surface area (Å²) in [6.45, 7) is 3.81. The summed E-state index contributed by atoms with van der Waals surface area (Å²) in [6.07, 6.45) is 3.70. The molecule has 1 aromatic rings. The van der Waals surface area contributed by atoms with E-state index in [1.807, 2.05) is 0 Å². The summed E-state index contributed by atoms with van der Waals surface area (Å²) >= 11 is 0.996. The maximum atomic E-state index is 12.2. The van der Waals surface area contributed by atoms with Gasteiger partial charge in [0.2, 0.25) is 0 Å². The number of carbonyl (C=O) groups is 2. The summed E-state index contributed by atoms with van der Waals surface area (Å²) in [5, 5.41) is 16.0. The van der Waals surface area contributed by atoms with Gasteiger partial charge in [-0.1, -0.05) is 17.8 Å². The van der Waals surface area contributed by atoms with Crippen molar-refractivity contribution < 1.29 is 14.7 Å². The molecule has 0 unspecified atom stereocenters. The first kappa shape index (κ1) is 14.9. The normalized spacial score (nSPS) is 26.2. The zero-order chi connectivity index (χ0) is 14.8. The number of carboxylic acids is 1. The third kappa shape index (κ3) is 2.82. The predicted octanol–water partition coefficient (Wildman–Crippen LogP) is 2.00. The molecule has 20 heavy (non-hydrogen) atoms. The van der Waals surface area contributed by atoms with Gasteiger partial charge in [-0.25, -0.2) is 4.79 Å². The van der Waals surface area contributed by atoms with Crippen LogP contribution in [-0.4, -0.2) is 32.1 Å². The van der Waals surface area contributed by atoms with Gasteiger partial charge in [-0.3, -0.25) is 4.79 Å². The average Bonchev–Trinajstić information content (AvgIpc) is 2.85. The first-order valence-electron chi connectivity index (χ1n) is 6.83. The maximum Gasteiger partial charge on any atom is 0.329 e. The van der Waals surface area contributed by atoms with Crippen LogP contribution in [0.2, 0.25) is 0 Å². The monoisotopic (exact) mass is 297 g/mol. The molecule has 0 atom stereocenters. The minimum Gasteiger partial charge on any atom is -0.480 e. The highest BCUT2D eigenvalue weighted by molar-refractivity contribution is 7.08. The number of aryl methyl sites for hydroxylation is 1. The molecule has 2 N–H and O–H groups in total. The number of aromatic nitrogens is 2. The number of carbonyl (C=O) groups excluding carboxylic acids is 1. The standard InChI is InChI=1S/C13H19N3O3S/c1-3-9-4-6-13(7-5-9,12(18)19)14-11(17)10-8(2)15-16-20-10/h9H,3-7H2,1-2H3,(H,14,17)(H,18,19). The summed E-state index contributed by atoms with van der Waals surface area (Å²) in [7, 11) is 0. The number of nitrogens with one attached hydrogen (secondary N) is 1. The molecule has 1 amide bonds. The fourth-order valence-electron chi connectivity index (χ4n) is 2.68. The lowest BCUT2D eigenvalue weighted by Gasteiger charge is -2.37. The van der Waals surface area contributed by atoms with Crippen LogP contribution in [0.5, 0.6) is 0 Å². The van der Waals surface area contributed by atoms with Gasteiger partial charge in [0.1, 0.15) is 10.4 Å². The molecule has 110 valence electrons. The van der Waals surface area contributed by atoms with E-state index in [0.29, 0.717) is 29.3 Å². The third-order valence-electron chi connectivity index (χ3n) is 4.16. The summed E-state index contributed by atoms with van der Waals surface area (Å²) < 4.78 is 3.71. The van der Waals surface area contributed by atoms with E-state index < -0.39 is 11.5 Å². The van der Waals surface area contributed by atoms with Gasteiger partial charge in [0.15, 0.2) is 0 Å². The van der Waals surface area contributed by atoms with Crippen LogP contribution >= 0.6 is 11.5 Å². The molecule has 7 heteroatoms. The SMILES string of the molecule is CCC1CCC(NC(=O)c2snnc2C)(C(=O)O)CC1. The molecule has 1 aliphatic rings. The lowest BCUT2D eigenvalue weighted by atomic mass is 9.75. The molecule has 1 aliphatic carbocycles. The van der Waals surface area contributed by atoms with E-state index in [9.17, 15) is 14.7 Å². The smallest absolute Gasteiger partial charge is 0.329 e. The Morgan fingerprint density at radius 2 is 2.10 bits per heavy atom. The van der Waals surface area contributed by atoms with Crippen LogP contribution in [0, 0.1) is 12.8 Å². The number of aliphatic carboxylic acids is 1. The molecule has 0 radical (unpaired) electrons. The second-order valence-corrected chi connectivity index (χ2v) is 6.13. The van der Waals surface area contributed by atoms with E-state index in [4.69, 9.17) is 0 Å². The van der Waals surface area contributed by atoms with Crippen LogP contribution in [0.15, 0.2) is 0 Å². The van der Waals surface area contributed by atoms with Crippen LogP contribution < -0.4 is 5.32 Å². The Morgan fingerprint density at radius 3 is 2.55 bits per heavy atom.